The van der Waals surface area contributed by atoms with Crippen molar-refractivity contribution in [3.05, 3.63) is 0 Å². The Morgan fingerprint density at radius 3 is 1.69 bits per heavy atom. The fraction of sp³-hybridized carbons (Fsp3) is 0.900. The zero-order valence-corrected chi connectivity index (χ0v) is 17.4. The van der Waals surface area contributed by atoms with E-state index >= 15 is 0 Å². The molecular weight excluding hydrogens is 328 g/mol. The van der Waals surface area contributed by atoms with Crippen LogP contribution in [0, 0.1) is 5.92 Å². The monoisotopic (exact) mass is 372 g/mol. The van der Waals surface area contributed by atoms with Crippen LogP contribution in [0.4, 0.5) is 0 Å². The van der Waals surface area contributed by atoms with Crippen LogP contribution in [0.2, 0.25) is 0 Å². The highest BCUT2D eigenvalue weighted by Gasteiger charge is 2.09. The quantitative estimate of drug-likeness (QED) is 0.331. The molecule has 0 radical (unpaired) electrons. The lowest BCUT2D eigenvalue weighted by Gasteiger charge is -2.10. The number of nitrogens with two attached hydrogens (primary N) is 2. The fourth-order valence-corrected chi connectivity index (χ4v) is 2.46. The highest BCUT2D eigenvalue weighted by molar-refractivity contribution is 5.78. The third kappa shape index (κ3) is 22.9. The first-order valence-corrected chi connectivity index (χ1v) is 10.4. The van der Waals surface area contributed by atoms with Crippen molar-refractivity contribution in [2.45, 2.75) is 85.0 Å². The average molecular weight is 373 g/mol. The van der Waals surface area contributed by atoms with Crippen molar-refractivity contribution >= 4 is 11.8 Å². The van der Waals surface area contributed by atoms with Crippen LogP contribution in [0.5, 0.6) is 0 Å². The first kappa shape index (κ1) is 27.1. The van der Waals surface area contributed by atoms with Crippen molar-refractivity contribution in [2.75, 3.05) is 26.2 Å². The molecular formula is C20H44N4O2. The Bertz CT molecular complexity index is 325. The third-order valence-electron chi connectivity index (χ3n) is 4.10. The van der Waals surface area contributed by atoms with Gasteiger partial charge in [0.1, 0.15) is 0 Å². The van der Waals surface area contributed by atoms with E-state index in [9.17, 15) is 9.59 Å². The molecule has 0 aliphatic heterocycles. The predicted octanol–water partition coefficient (Wildman–Crippen LogP) is 2.70. The number of carbonyl (C=O) groups excluding carboxylic acids is 2. The van der Waals surface area contributed by atoms with Gasteiger partial charge in [-0.3, -0.25) is 9.59 Å². The molecule has 0 aliphatic carbocycles. The van der Waals surface area contributed by atoms with Crippen LogP contribution in [0.15, 0.2) is 0 Å². The van der Waals surface area contributed by atoms with E-state index in [-0.39, 0.29) is 17.7 Å². The maximum absolute atomic E-state index is 11.5. The fourth-order valence-electron chi connectivity index (χ4n) is 2.46. The largest absolute Gasteiger partial charge is 0.356 e. The Hall–Kier alpha value is -1.14. The molecule has 0 aliphatic rings. The van der Waals surface area contributed by atoms with Gasteiger partial charge in [-0.05, 0) is 45.2 Å². The summed E-state index contributed by atoms with van der Waals surface area (Å²) in [6, 6.07) is 0. The summed E-state index contributed by atoms with van der Waals surface area (Å²) < 4.78 is 0. The van der Waals surface area contributed by atoms with Gasteiger partial charge in [-0.15, -0.1) is 0 Å². The first-order valence-electron chi connectivity index (χ1n) is 10.4. The highest BCUT2D eigenvalue weighted by Crippen LogP contribution is 2.04. The smallest absolute Gasteiger partial charge is 0.222 e. The topological polar surface area (TPSA) is 110 Å². The molecule has 6 N–H and O–H groups in total. The zero-order valence-electron chi connectivity index (χ0n) is 17.4. The number of carbonyl (C=O) groups is 2. The van der Waals surface area contributed by atoms with E-state index in [0.29, 0.717) is 0 Å². The van der Waals surface area contributed by atoms with Crippen LogP contribution < -0.4 is 22.1 Å². The van der Waals surface area contributed by atoms with Crippen molar-refractivity contribution in [2.24, 2.45) is 17.4 Å². The minimum absolute atomic E-state index is 0.0591. The van der Waals surface area contributed by atoms with Crippen molar-refractivity contribution in [3.8, 4) is 0 Å². The van der Waals surface area contributed by atoms with E-state index in [1.165, 1.54) is 19.3 Å². The van der Waals surface area contributed by atoms with E-state index in [1.807, 2.05) is 6.92 Å². The number of hydrogen-bond acceptors (Lipinski definition) is 4. The molecule has 0 bridgehead atoms. The van der Waals surface area contributed by atoms with Crippen LogP contribution in [0.3, 0.4) is 0 Å². The second-order valence-electron chi connectivity index (χ2n) is 6.87. The SMILES string of the molecule is CC(=O)NCCCCCCN.CCCC(C)C(=O)NCCCCCCN. The maximum Gasteiger partial charge on any atom is 0.222 e. The van der Waals surface area contributed by atoms with Crippen LogP contribution in [-0.4, -0.2) is 38.0 Å². The molecule has 0 saturated carbocycles. The summed E-state index contributed by atoms with van der Waals surface area (Å²) in [5.74, 6) is 0.429. The lowest BCUT2D eigenvalue weighted by atomic mass is 10.1. The van der Waals surface area contributed by atoms with Gasteiger partial charge in [0.25, 0.3) is 0 Å². The van der Waals surface area contributed by atoms with Crippen molar-refractivity contribution < 1.29 is 9.59 Å². The Morgan fingerprint density at radius 2 is 1.27 bits per heavy atom. The predicted molar refractivity (Wildman–Crippen MR) is 111 cm³/mol. The van der Waals surface area contributed by atoms with Gasteiger partial charge in [0.05, 0.1) is 0 Å². The Balaban J connectivity index is 0. The van der Waals surface area contributed by atoms with Gasteiger partial charge in [0, 0.05) is 25.9 Å². The Morgan fingerprint density at radius 1 is 0.808 bits per heavy atom. The summed E-state index contributed by atoms with van der Waals surface area (Å²) in [6.07, 6.45) is 11.1. The number of unbranched alkanes of at least 4 members (excludes halogenated alkanes) is 6. The first-order chi connectivity index (χ1) is 12.5. The lowest BCUT2D eigenvalue weighted by molar-refractivity contribution is -0.124. The van der Waals surface area contributed by atoms with Crippen molar-refractivity contribution in [1.29, 1.82) is 0 Å². The molecule has 0 saturated heterocycles. The lowest BCUT2D eigenvalue weighted by Crippen LogP contribution is -2.29. The highest BCUT2D eigenvalue weighted by atomic mass is 16.2. The molecule has 0 aromatic heterocycles. The summed E-state index contributed by atoms with van der Waals surface area (Å²) in [4.78, 5) is 21.9. The van der Waals surface area contributed by atoms with E-state index in [2.05, 4.69) is 17.6 Å². The standard InChI is InChI=1S/C12H26N2O.C8H18N2O/c1-3-8-11(2)12(15)14-10-7-5-4-6-9-13;1-8(11)10-7-5-3-2-4-6-9/h11H,3-10,13H2,1-2H3,(H,14,15);2-7,9H2,1H3,(H,10,11). The Kier molecular flexibility index (Phi) is 22.8. The van der Waals surface area contributed by atoms with E-state index in [0.717, 1.165) is 71.1 Å². The molecule has 0 aromatic carbocycles. The number of nitrogens with one attached hydrogen (secondary N) is 2. The summed E-state index contributed by atoms with van der Waals surface area (Å²) in [7, 11) is 0. The summed E-state index contributed by atoms with van der Waals surface area (Å²) >= 11 is 0. The van der Waals surface area contributed by atoms with Gasteiger partial charge in [0.2, 0.25) is 11.8 Å². The minimum atomic E-state index is 0.0591. The van der Waals surface area contributed by atoms with Crippen molar-refractivity contribution in [1.82, 2.24) is 10.6 Å². The van der Waals surface area contributed by atoms with Gasteiger partial charge in [-0.25, -0.2) is 0 Å². The molecule has 2 amide bonds. The van der Waals surface area contributed by atoms with Crippen LogP contribution in [0.1, 0.15) is 85.0 Å². The summed E-state index contributed by atoms with van der Waals surface area (Å²) in [6.45, 7) is 8.82. The molecule has 6 nitrogen and oxygen atoms in total. The Labute approximate surface area is 161 Å². The average Bonchev–Trinajstić information content (AvgIpc) is 2.61. The molecule has 6 heteroatoms. The molecule has 156 valence electrons. The van der Waals surface area contributed by atoms with Crippen LogP contribution >= 0.6 is 0 Å². The van der Waals surface area contributed by atoms with Crippen molar-refractivity contribution in [3.63, 3.8) is 0 Å². The molecule has 1 unspecified atom stereocenters. The second kappa shape index (κ2) is 21.9. The molecule has 1 atom stereocenters. The van der Waals surface area contributed by atoms with E-state index < -0.39 is 0 Å². The van der Waals surface area contributed by atoms with Gasteiger partial charge < -0.3 is 22.1 Å². The minimum Gasteiger partial charge on any atom is -0.356 e. The van der Waals surface area contributed by atoms with Gasteiger partial charge in [-0.1, -0.05) is 46.0 Å². The molecule has 26 heavy (non-hydrogen) atoms. The van der Waals surface area contributed by atoms with Gasteiger partial charge >= 0.3 is 0 Å². The normalized spacial score (nSPS) is 11.3. The van der Waals surface area contributed by atoms with Gasteiger partial charge in [0.15, 0.2) is 0 Å². The van der Waals surface area contributed by atoms with Gasteiger partial charge in [-0.2, -0.15) is 0 Å². The molecule has 0 heterocycles. The van der Waals surface area contributed by atoms with Crippen LogP contribution in [-0.2, 0) is 9.59 Å². The third-order valence-corrected chi connectivity index (χ3v) is 4.10. The number of rotatable bonds is 15. The van der Waals surface area contributed by atoms with E-state index in [1.54, 1.807) is 6.92 Å². The maximum atomic E-state index is 11.5. The molecule has 0 aromatic rings. The van der Waals surface area contributed by atoms with E-state index in [4.69, 9.17) is 11.5 Å². The zero-order chi connectivity index (χ0) is 20.0. The van der Waals surface area contributed by atoms with Crippen LogP contribution in [0.25, 0.3) is 0 Å². The second-order valence-corrected chi connectivity index (χ2v) is 6.87. The number of amides is 2. The molecule has 0 fully saturated rings. The summed E-state index contributed by atoms with van der Waals surface area (Å²) in [5, 5.41) is 5.73. The molecule has 0 rings (SSSR count). The number of hydrogen-bond donors (Lipinski definition) is 4. The molecule has 0 spiro atoms. The summed E-state index contributed by atoms with van der Waals surface area (Å²) in [5.41, 5.74) is 10.7.